The molecule has 0 aliphatic heterocycles. The minimum Gasteiger partial charge on any atom is -0.497 e. The number of hydrogen-bond acceptors (Lipinski definition) is 1. The van der Waals surface area contributed by atoms with Crippen molar-refractivity contribution in [1.29, 1.82) is 0 Å². The SMILES string of the molecule is COc1ccc(C(C)(C)C(F)(F)F)cc1. The van der Waals surface area contributed by atoms with Crippen molar-refractivity contribution in [2.75, 3.05) is 7.11 Å². The maximum absolute atomic E-state index is 12.7. The Morgan fingerprint density at radius 3 is 1.80 bits per heavy atom. The van der Waals surface area contributed by atoms with E-state index in [2.05, 4.69) is 0 Å². The summed E-state index contributed by atoms with van der Waals surface area (Å²) in [6, 6.07) is 5.93. The molecule has 0 amide bonds. The Balaban J connectivity index is 3.06. The van der Waals surface area contributed by atoms with E-state index in [0.29, 0.717) is 5.75 Å². The van der Waals surface area contributed by atoms with Gasteiger partial charge in [0.05, 0.1) is 12.5 Å². The van der Waals surface area contributed by atoms with Crippen LogP contribution >= 0.6 is 0 Å². The number of methoxy groups -OCH3 is 1. The second kappa shape index (κ2) is 3.76. The van der Waals surface area contributed by atoms with Crippen LogP contribution in [0.1, 0.15) is 19.4 Å². The monoisotopic (exact) mass is 218 g/mol. The molecule has 0 aromatic heterocycles. The maximum atomic E-state index is 12.7. The molecule has 1 aromatic rings. The van der Waals surface area contributed by atoms with Crippen molar-refractivity contribution in [3.63, 3.8) is 0 Å². The molecule has 15 heavy (non-hydrogen) atoms. The molecule has 0 bridgehead atoms. The van der Waals surface area contributed by atoms with Gasteiger partial charge in [-0.15, -0.1) is 0 Å². The zero-order chi connectivity index (χ0) is 11.7. The second-order valence-corrected chi connectivity index (χ2v) is 3.85. The number of alkyl halides is 3. The lowest BCUT2D eigenvalue weighted by Crippen LogP contribution is -2.36. The molecule has 0 heterocycles. The van der Waals surface area contributed by atoms with E-state index in [-0.39, 0.29) is 5.56 Å². The summed E-state index contributed by atoms with van der Waals surface area (Å²) in [7, 11) is 1.48. The molecule has 1 aromatic carbocycles. The van der Waals surface area contributed by atoms with Crippen molar-refractivity contribution in [2.24, 2.45) is 0 Å². The largest absolute Gasteiger partial charge is 0.497 e. The minimum atomic E-state index is -4.25. The molecule has 1 nitrogen and oxygen atoms in total. The molecule has 0 radical (unpaired) electrons. The summed E-state index contributed by atoms with van der Waals surface area (Å²) in [5.74, 6) is 0.553. The van der Waals surface area contributed by atoms with E-state index in [9.17, 15) is 13.2 Å². The smallest absolute Gasteiger partial charge is 0.397 e. The molecule has 4 heteroatoms. The van der Waals surface area contributed by atoms with Gasteiger partial charge in [-0.05, 0) is 31.5 Å². The quantitative estimate of drug-likeness (QED) is 0.737. The molecule has 0 aliphatic carbocycles. The molecule has 1 rings (SSSR count). The maximum Gasteiger partial charge on any atom is 0.397 e. The van der Waals surface area contributed by atoms with E-state index in [0.717, 1.165) is 13.8 Å². The zero-order valence-electron chi connectivity index (χ0n) is 8.85. The van der Waals surface area contributed by atoms with Crippen LogP contribution in [0.5, 0.6) is 5.75 Å². The summed E-state index contributed by atoms with van der Waals surface area (Å²) < 4.78 is 42.9. The van der Waals surface area contributed by atoms with Gasteiger partial charge < -0.3 is 4.74 Å². The van der Waals surface area contributed by atoms with Gasteiger partial charge in [0.25, 0.3) is 0 Å². The van der Waals surface area contributed by atoms with Crippen molar-refractivity contribution in [3.8, 4) is 5.75 Å². The average Bonchev–Trinajstić information content (AvgIpc) is 2.16. The second-order valence-electron chi connectivity index (χ2n) is 3.85. The summed E-state index contributed by atoms with van der Waals surface area (Å²) in [5.41, 5.74) is -1.60. The summed E-state index contributed by atoms with van der Waals surface area (Å²) in [4.78, 5) is 0. The van der Waals surface area contributed by atoms with E-state index >= 15 is 0 Å². The Morgan fingerprint density at radius 1 is 1.00 bits per heavy atom. The molecule has 0 fully saturated rings. The first-order valence-electron chi connectivity index (χ1n) is 4.50. The van der Waals surface area contributed by atoms with Gasteiger partial charge in [-0.2, -0.15) is 13.2 Å². The van der Waals surface area contributed by atoms with Crippen molar-refractivity contribution in [3.05, 3.63) is 29.8 Å². The normalized spacial score (nSPS) is 12.7. The third-order valence-corrected chi connectivity index (χ3v) is 2.52. The van der Waals surface area contributed by atoms with Gasteiger partial charge in [-0.3, -0.25) is 0 Å². The van der Waals surface area contributed by atoms with E-state index in [1.807, 2.05) is 0 Å². The first-order chi connectivity index (χ1) is 6.79. The fraction of sp³-hybridized carbons (Fsp3) is 0.455. The first-order valence-corrected chi connectivity index (χ1v) is 4.50. The Bertz CT molecular complexity index is 325. The van der Waals surface area contributed by atoms with Crippen LogP contribution in [0.2, 0.25) is 0 Å². The van der Waals surface area contributed by atoms with Gasteiger partial charge >= 0.3 is 6.18 Å². The Hall–Kier alpha value is -1.19. The standard InChI is InChI=1S/C11H13F3O/c1-10(2,11(12,13)14)8-4-6-9(15-3)7-5-8/h4-7H,1-3H3. The number of hydrogen-bond donors (Lipinski definition) is 0. The van der Waals surface area contributed by atoms with Crippen LogP contribution in [-0.2, 0) is 5.41 Å². The van der Waals surface area contributed by atoms with Crippen LogP contribution in [0.3, 0.4) is 0 Å². The highest BCUT2D eigenvalue weighted by Gasteiger charge is 2.48. The van der Waals surface area contributed by atoms with Crippen LogP contribution in [0.15, 0.2) is 24.3 Å². The zero-order valence-corrected chi connectivity index (χ0v) is 8.85. The molecule has 0 aliphatic rings. The summed E-state index contributed by atoms with van der Waals surface area (Å²) in [5, 5.41) is 0. The topological polar surface area (TPSA) is 9.23 Å². The fourth-order valence-electron chi connectivity index (χ4n) is 1.17. The summed E-state index contributed by atoms with van der Waals surface area (Å²) in [6.07, 6.45) is -4.25. The highest BCUT2D eigenvalue weighted by molar-refractivity contribution is 5.32. The van der Waals surface area contributed by atoms with Crippen molar-refractivity contribution >= 4 is 0 Å². The van der Waals surface area contributed by atoms with Crippen molar-refractivity contribution in [1.82, 2.24) is 0 Å². The van der Waals surface area contributed by atoms with Gasteiger partial charge in [0.15, 0.2) is 0 Å². The predicted octanol–water partition coefficient (Wildman–Crippen LogP) is 3.54. The van der Waals surface area contributed by atoms with Crippen LogP contribution < -0.4 is 4.74 Å². The predicted molar refractivity (Wildman–Crippen MR) is 52.1 cm³/mol. The molecule has 0 saturated heterocycles. The highest BCUT2D eigenvalue weighted by atomic mass is 19.4. The van der Waals surface area contributed by atoms with E-state index < -0.39 is 11.6 Å². The average molecular weight is 218 g/mol. The number of ether oxygens (including phenoxy) is 1. The number of halogens is 3. The lowest BCUT2D eigenvalue weighted by Gasteiger charge is -2.28. The summed E-state index contributed by atoms with van der Waals surface area (Å²) >= 11 is 0. The Morgan fingerprint density at radius 2 is 1.47 bits per heavy atom. The van der Waals surface area contributed by atoms with Gasteiger partial charge in [0, 0.05) is 0 Å². The van der Waals surface area contributed by atoms with Crippen LogP contribution in [0.4, 0.5) is 13.2 Å². The molecular formula is C11H13F3O. The van der Waals surface area contributed by atoms with Crippen LogP contribution in [0.25, 0.3) is 0 Å². The molecular weight excluding hydrogens is 205 g/mol. The molecule has 0 spiro atoms. The minimum absolute atomic E-state index is 0.232. The van der Waals surface area contributed by atoms with E-state index in [1.54, 1.807) is 0 Å². The summed E-state index contributed by atoms with van der Waals surface area (Å²) in [6.45, 7) is 2.32. The van der Waals surface area contributed by atoms with Crippen molar-refractivity contribution in [2.45, 2.75) is 25.4 Å². The highest BCUT2D eigenvalue weighted by Crippen LogP contribution is 2.40. The number of benzene rings is 1. The van der Waals surface area contributed by atoms with Gasteiger partial charge in [-0.25, -0.2) is 0 Å². The molecule has 0 N–H and O–H groups in total. The van der Waals surface area contributed by atoms with Gasteiger partial charge in [-0.1, -0.05) is 12.1 Å². The van der Waals surface area contributed by atoms with Crippen molar-refractivity contribution < 1.29 is 17.9 Å². The molecule has 0 atom stereocenters. The van der Waals surface area contributed by atoms with Gasteiger partial charge in [0.1, 0.15) is 5.75 Å². The van der Waals surface area contributed by atoms with Gasteiger partial charge in [0.2, 0.25) is 0 Å². The van der Waals surface area contributed by atoms with E-state index in [1.165, 1.54) is 31.4 Å². The van der Waals surface area contributed by atoms with Crippen LogP contribution in [-0.4, -0.2) is 13.3 Å². The third kappa shape index (κ3) is 2.25. The molecule has 0 saturated carbocycles. The Kier molecular flexibility index (Phi) is 2.98. The molecule has 84 valence electrons. The van der Waals surface area contributed by atoms with Crippen LogP contribution in [0, 0.1) is 0 Å². The fourth-order valence-corrected chi connectivity index (χ4v) is 1.17. The lowest BCUT2D eigenvalue weighted by molar-refractivity contribution is -0.180. The molecule has 0 unspecified atom stereocenters. The lowest BCUT2D eigenvalue weighted by atomic mass is 9.84. The Labute approximate surface area is 86.9 Å². The first kappa shape index (κ1) is 11.9. The third-order valence-electron chi connectivity index (χ3n) is 2.52. The van der Waals surface area contributed by atoms with E-state index in [4.69, 9.17) is 4.74 Å². The number of rotatable bonds is 2.